The minimum Gasteiger partial charge on any atom is -0.469 e. The van der Waals surface area contributed by atoms with E-state index < -0.39 is 0 Å². The van der Waals surface area contributed by atoms with Gasteiger partial charge in [0, 0.05) is 11.5 Å². The lowest BCUT2D eigenvalue weighted by Gasteiger charge is -2.29. The second-order valence-corrected chi connectivity index (χ2v) is 6.68. The third kappa shape index (κ3) is 2.32. The molecule has 2 fully saturated rings. The second kappa shape index (κ2) is 5.25. The number of halogens is 1. The van der Waals surface area contributed by atoms with E-state index in [2.05, 4.69) is 40.2 Å². The molecule has 1 aromatic carbocycles. The van der Waals surface area contributed by atoms with Gasteiger partial charge in [-0.15, -0.1) is 0 Å². The Labute approximate surface area is 122 Å². The highest BCUT2D eigenvalue weighted by Crippen LogP contribution is 2.39. The van der Waals surface area contributed by atoms with E-state index >= 15 is 0 Å². The second-order valence-electron chi connectivity index (χ2n) is 5.62. The number of methoxy groups -OCH3 is 1. The van der Waals surface area contributed by atoms with E-state index in [-0.39, 0.29) is 11.9 Å². The number of hydrogen-bond donors (Lipinski definition) is 1. The Kier molecular flexibility index (Phi) is 3.63. The Bertz CT molecular complexity index is 464. The molecule has 102 valence electrons. The SMILES string of the molecule is COC(=O)[C@H]1C[C@H]2C[NH+](Cc3ccccc3)[C@@H]1[C@@H]2Br. The molecule has 3 nitrogen and oxygen atoms in total. The van der Waals surface area contributed by atoms with Crippen LogP contribution in [0.2, 0.25) is 0 Å². The lowest BCUT2D eigenvalue weighted by Crippen LogP contribution is -3.14. The van der Waals surface area contributed by atoms with Crippen molar-refractivity contribution >= 4 is 21.9 Å². The Morgan fingerprint density at radius 2 is 2.16 bits per heavy atom. The van der Waals surface area contributed by atoms with Gasteiger partial charge in [0.05, 0.1) is 18.5 Å². The van der Waals surface area contributed by atoms with E-state index in [1.54, 1.807) is 0 Å². The predicted octanol–water partition coefficient (Wildman–Crippen LogP) is 1.03. The third-order valence-electron chi connectivity index (χ3n) is 4.56. The number of benzene rings is 1. The molecule has 2 bridgehead atoms. The highest BCUT2D eigenvalue weighted by atomic mass is 79.9. The fraction of sp³-hybridized carbons (Fsp3) is 0.533. The maximum atomic E-state index is 11.9. The lowest BCUT2D eigenvalue weighted by molar-refractivity contribution is -0.933. The molecule has 0 amide bonds. The lowest BCUT2D eigenvalue weighted by atomic mass is 9.98. The van der Waals surface area contributed by atoms with Crippen LogP contribution in [0.3, 0.4) is 0 Å². The number of piperidine rings is 1. The van der Waals surface area contributed by atoms with Gasteiger partial charge in [-0.3, -0.25) is 4.79 Å². The minimum atomic E-state index is -0.0396. The summed E-state index contributed by atoms with van der Waals surface area (Å²) in [5.41, 5.74) is 1.34. The maximum absolute atomic E-state index is 11.9. The zero-order valence-electron chi connectivity index (χ0n) is 11.0. The summed E-state index contributed by atoms with van der Waals surface area (Å²) < 4.78 is 4.96. The van der Waals surface area contributed by atoms with Crippen LogP contribution in [0.15, 0.2) is 30.3 Å². The van der Waals surface area contributed by atoms with Crippen molar-refractivity contribution in [3.8, 4) is 0 Å². The van der Waals surface area contributed by atoms with Crippen molar-refractivity contribution in [2.45, 2.75) is 23.8 Å². The van der Waals surface area contributed by atoms with Crippen LogP contribution in [0.25, 0.3) is 0 Å². The van der Waals surface area contributed by atoms with Crippen molar-refractivity contribution in [3.63, 3.8) is 0 Å². The summed E-state index contributed by atoms with van der Waals surface area (Å²) in [6.07, 6.45) is 0.978. The third-order valence-corrected chi connectivity index (χ3v) is 5.87. The molecule has 5 atom stereocenters. The zero-order chi connectivity index (χ0) is 13.4. The molecule has 2 aliphatic rings. The van der Waals surface area contributed by atoms with E-state index in [4.69, 9.17) is 4.74 Å². The first-order valence-corrected chi connectivity index (χ1v) is 7.72. The van der Waals surface area contributed by atoms with Gasteiger partial charge in [0.2, 0.25) is 0 Å². The highest BCUT2D eigenvalue weighted by Gasteiger charge is 2.57. The molecular weight excluding hydrogens is 306 g/mol. The first-order valence-electron chi connectivity index (χ1n) is 6.81. The van der Waals surface area contributed by atoms with Gasteiger partial charge < -0.3 is 9.64 Å². The fourth-order valence-electron chi connectivity index (χ4n) is 3.74. The number of likely N-dealkylation sites (tertiary alicyclic amines) is 1. The van der Waals surface area contributed by atoms with E-state index in [0.29, 0.717) is 16.8 Å². The van der Waals surface area contributed by atoms with Crippen LogP contribution in [0, 0.1) is 11.8 Å². The number of fused-ring (bicyclic) bond motifs is 2. The van der Waals surface area contributed by atoms with Crippen LogP contribution in [0.1, 0.15) is 12.0 Å². The van der Waals surface area contributed by atoms with Gasteiger partial charge >= 0.3 is 5.97 Å². The molecular formula is C15H19BrNO2+. The van der Waals surface area contributed by atoms with Crippen LogP contribution < -0.4 is 4.90 Å². The number of quaternary nitrogens is 1. The largest absolute Gasteiger partial charge is 0.469 e. The number of carbonyl (C=O) groups excluding carboxylic acids is 1. The zero-order valence-corrected chi connectivity index (χ0v) is 12.6. The monoisotopic (exact) mass is 324 g/mol. The molecule has 1 aromatic rings. The van der Waals surface area contributed by atoms with Crippen molar-refractivity contribution in [3.05, 3.63) is 35.9 Å². The van der Waals surface area contributed by atoms with Crippen molar-refractivity contribution in [2.24, 2.45) is 11.8 Å². The molecule has 1 aliphatic heterocycles. The summed E-state index contributed by atoms with van der Waals surface area (Å²) in [7, 11) is 1.49. The number of nitrogens with one attached hydrogen (secondary N) is 1. The van der Waals surface area contributed by atoms with E-state index in [0.717, 1.165) is 19.5 Å². The first kappa shape index (κ1) is 13.1. The van der Waals surface area contributed by atoms with Crippen molar-refractivity contribution in [1.82, 2.24) is 0 Å². The van der Waals surface area contributed by atoms with Crippen LogP contribution in [-0.2, 0) is 16.1 Å². The minimum absolute atomic E-state index is 0.0396. The van der Waals surface area contributed by atoms with Crippen molar-refractivity contribution < 1.29 is 14.4 Å². The van der Waals surface area contributed by atoms with E-state index in [1.807, 2.05) is 6.07 Å². The number of ether oxygens (including phenoxy) is 1. The maximum Gasteiger partial charge on any atom is 0.314 e. The average molecular weight is 325 g/mol. The summed E-state index contributed by atoms with van der Waals surface area (Å²) in [6.45, 7) is 2.15. The standard InChI is InChI=1S/C15H18BrNO2/c1-19-15(18)12-7-11-9-17(14(12)13(11)16)8-10-5-3-2-4-6-10/h2-6,11-14H,7-9H2,1H3/p+1/t11-,12-,13+,14-/m0/s1. The van der Waals surface area contributed by atoms with E-state index in [1.165, 1.54) is 17.6 Å². The van der Waals surface area contributed by atoms with Gasteiger partial charge in [-0.25, -0.2) is 0 Å². The van der Waals surface area contributed by atoms with Crippen LogP contribution >= 0.6 is 15.9 Å². The molecule has 1 heterocycles. The summed E-state index contributed by atoms with van der Waals surface area (Å²) in [5, 5.41) is 0. The topological polar surface area (TPSA) is 30.7 Å². The number of hydrogen-bond acceptors (Lipinski definition) is 2. The summed E-state index contributed by atoms with van der Waals surface area (Å²) >= 11 is 3.79. The fourth-order valence-corrected chi connectivity index (χ4v) is 4.88. The molecule has 4 heteroatoms. The first-order chi connectivity index (χ1) is 9.20. The molecule has 1 saturated heterocycles. The predicted molar refractivity (Wildman–Crippen MR) is 76.1 cm³/mol. The van der Waals surface area contributed by atoms with Gasteiger partial charge in [-0.1, -0.05) is 46.3 Å². The van der Waals surface area contributed by atoms with Crippen LogP contribution in [0.5, 0.6) is 0 Å². The molecule has 0 radical (unpaired) electrons. The molecule has 1 aliphatic carbocycles. The number of esters is 1. The Balaban J connectivity index is 1.76. The number of carbonyl (C=O) groups is 1. The average Bonchev–Trinajstić information content (AvgIpc) is 2.91. The molecule has 1 N–H and O–H groups in total. The molecule has 3 rings (SSSR count). The molecule has 19 heavy (non-hydrogen) atoms. The van der Waals surface area contributed by atoms with Gasteiger partial charge in [0.15, 0.2) is 0 Å². The van der Waals surface area contributed by atoms with Gasteiger partial charge in [0.25, 0.3) is 0 Å². The van der Waals surface area contributed by atoms with Crippen LogP contribution in [0.4, 0.5) is 0 Å². The Morgan fingerprint density at radius 3 is 2.79 bits per heavy atom. The smallest absolute Gasteiger partial charge is 0.314 e. The molecule has 0 spiro atoms. The van der Waals surface area contributed by atoms with E-state index in [9.17, 15) is 4.79 Å². The summed E-state index contributed by atoms with van der Waals surface area (Å²) in [6, 6.07) is 10.9. The van der Waals surface area contributed by atoms with Crippen LogP contribution in [-0.4, -0.2) is 30.5 Å². The Morgan fingerprint density at radius 1 is 1.42 bits per heavy atom. The summed E-state index contributed by atoms with van der Waals surface area (Å²) in [4.78, 5) is 13.9. The van der Waals surface area contributed by atoms with Gasteiger partial charge in [-0.2, -0.15) is 0 Å². The quantitative estimate of drug-likeness (QED) is 0.665. The summed E-state index contributed by atoms with van der Waals surface area (Å²) in [5.74, 6) is 0.627. The molecule has 1 unspecified atom stereocenters. The van der Waals surface area contributed by atoms with Crippen molar-refractivity contribution in [2.75, 3.05) is 13.7 Å². The Hall–Kier alpha value is -0.870. The highest BCUT2D eigenvalue weighted by molar-refractivity contribution is 9.09. The van der Waals surface area contributed by atoms with Crippen molar-refractivity contribution in [1.29, 1.82) is 0 Å². The number of rotatable bonds is 3. The van der Waals surface area contributed by atoms with Gasteiger partial charge in [-0.05, 0) is 6.42 Å². The van der Waals surface area contributed by atoms with Gasteiger partial charge in [0.1, 0.15) is 18.5 Å². The number of alkyl halides is 1. The normalized spacial score (nSPS) is 36.4. The molecule has 1 saturated carbocycles. The molecule has 0 aromatic heterocycles.